The summed E-state index contributed by atoms with van der Waals surface area (Å²) in [5, 5.41) is 0. The zero-order chi connectivity index (χ0) is 21.0. The number of nitrogens with zero attached hydrogens (tertiary/aromatic N) is 2. The zero-order valence-electron chi connectivity index (χ0n) is 19.4. The maximum Gasteiger partial charge on any atom is 0.257 e. The average Bonchev–Trinajstić information content (AvgIpc) is 3.03. The van der Waals surface area contributed by atoms with Crippen LogP contribution in [0.5, 0.6) is 0 Å². The number of aliphatic imine (C=N–C) groups is 1. The van der Waals surface area contributed by atoms with Crippen molar-refractivity contribution in [2.75, 3.05) is 0 Å². The highest BCUT2D eigenvalue weighted by Crippen LogP contribution is 2.42. The van der Waals surface area contributed by atoms with Crippen molar-refractivity contribution >= 4 is 11.9 Å². The molecule has 0 radical (unpaired) electrons. The SMILES string of the molecule is CC(C1CCCCC1)N1C(=O)C(CCC2CCCCC2)(CC2CCCCC2)N=C1N. The molecule has 0 aromatic rings. The first kappa shape index (κ1) is 22.1. The van der Waals surface area contributed by atoms with Gasteiger partial charge in [-0.1, -0.05) is 83.5 Å². The first-order chi connectivity index (χ1) is 14.6. The van der Waals surface area contributed by atoms with Gasteiger partial charge in [-0.2, -0.15) is 0 Å². The molecule has 4 aliphatic rings. The maximum absolute atomic E-state index is 14.0. The Hall–Kier alpha value is -1.06. The van der Waals surface area contributed by atoms with Crippen molar-refractivity contribution in [2.45, 2.75) is 134 Å². The molecule has 2 N–H and O–H groups in total. The summed E-state index contributed by atoms with van der Waals surface area (Å²) in [4.78, 5) is 21.0. The van der Waals surface area contributed by atoms with E-state index in [0.29, 0.717) is 17.8 Å². The van der Waals surface area contributed by atoms with E-state index in [1.165, 1.54) is 96.3 Å². The number of nitrogens with two attached hydrogens (primary N) is 1. The quantitative estimate of drug-likeness (QED) is 0.539. The van der Waals surface area contributed by atoms with Gasteiger partial charge in [0.1, 0.15) is 5.54 Å². The molecule has 0 aromatic carbocycles. The number of guanidine groups is 1. The number of hydrogen-bond donors (Lipinski definition) is 1. The number of carbonyl (C=O) groups excluding carboxylic acids is 1. The predicted octanol–water partition coefficient (Wildman–Crippen LogP) is 6.18. The zero-order valence-corrected chi connectivity index (χ0v) is 19.4. The van der Waals surface area contributed by atoms with E-state index in [0.717, 1.165) is 25.2 Å². The van der Waals surface area contributed by atoms with E-state index in [9.17, 15) is 4.79 Å². The summed E-state index contributed by atoms with van der Waals surface area (Å²) in [6.45, 7) is 2.23. The molecule has 2 unspecified atom stereocenters. The molecule has 30 heavy (non-hydrogen) atoms. The molecule has 4 nitrogen and oxygen atoms in total. The minimum Gasteiger partial charge on any atom is -0.369 e. The van der Waals surface area contributed by atoms with Crippen molar-refractivity contribution in [3.05, 3.63) is 0 Å². The summed E-state index contributed by atoms with van der Waals surface area (Å²) < 4.78 is 0. The minimum atomic E-state index is -0.563. The first-order valence-electron chi connectivity index (χ1n) is 13.3. The van der Waals surface area contributed by atoms with Gasteiger partial charge in [-0.25, -0.2) is 4.99 Å². The highest BCUT2D eigenvalue weighted by Gasteiger charge is 2.50. The van der Waals surface area contributed by atoms with Crippen LogP contribution in [0.4, 0.5) is 0 Å². The number of amides is 1. The normalized spacial score (nSPS) is 31.2. The number of rotatable bonds is 7. The Balaban J connectivity index is 1.50. The number of hydrogen-bond acceptors (Lipinski definition) is 3. The van der Waals surface area contributed by atoms with Crippen LogP contribution in [-0.2, 0) is 4.79 Å². The largest absolute Gasteiger partial charge is 0.369 e. The average molecular weight is 416 g/mol. The Morgan fingerprint density at radius 3 is 2.03 bits per heavy atom. The first-order valence-corrected chi connectivity index (χ1v) is 13.3. The molecule has 0 aromatic heterocycles. The molecule has 4 rings (SSSR count). The molecule has 1 amide bonds. The Morgan fingerprint density at radius 1 is 0.900 bits per heavy atom. The summed E-state index contributed by atoms with van der Waals surface area (Å²) >= 11 is 0. The summed E-state index contributed by atoms with van der Waals surface area (Å²) in [5.41, 5.74) is 5.96. The molecule has 1 heterocycles. The van der Waals surface area contributed by atoms with E-state index < -0.39 is 5.54 Å². The van der Waals surface area contributed by atoms with Gasteiger partial charge in [0.05, 0.1) is 0 Å². The Kier molecular flexibility index (Phi) is 7.41. The van der Waals surface area contributed by atoms with Crippen molar-refractivity contribution in [3.63, 3.8) is 0 Å². The number of carbonyl (C=O) groups is 1. The topological polar surface area (TPSA) is 58.7 Å². The molecule has 4 heteroatoms. The van der Waals surface area contributed by atoms with Crippen LogP contribution in [0.15, 0.2) is 4.99 Å². The van der Waals surface area contributed by atoms with Crippen molar-refractivity contribution in [2.24, 2.45) is 28.5 Å². The van der Waals surface area contributed by atoms with E-state index in [1.54, 1.807) is 0 Å². The molecule has 1 aliphatic heterocycles. The minimum absolute atomic E-state index is 0.199. The van der Waals surface area contributed by atoms with Crippen LogP contribution in [0.3, 0.4) is 0 Å². The molecule has 2 atom stereocenters. The van der Waals surface area contributed by atoms with Gasteiger partial charge in [0.2, 0.25) is 0 Å². The molecular formula is C26H45N3O. The summed E-state index contributed by atoms with van der Waals surface area (Å²) in [6, 6.07) is 0.199. The van der Waals surface area contributed by atoms with Crippen LogP contribution in [0, 0.1) is 17.8 Å². The third kappa shape index (κ3) is 4.88. The Bertz CT molecular complexity index is 599. The highest BCUT2D eigenvalue weighted by molar-refractivity contribution is 6.07. The van der Waals surface area contributed by atoms with Gasteiger partial charge < -0.3 is 5.73 Å². The fourth-order valence-electron chi connectivity index (χ4n) is 7.06. The fourth-order valence-corrected chi connectivity index (χ4v) is 7.06. The third-order valence-corrected chi connectivity index (χ3v) is 8.97. The fraction of sp³-hybridized carbons (Fsp3) is 0.923. The summed E-state index contributed by atoms with van der Waals surface area (Å²) in [7, 11) is 0. The van der Waals surface area contributed by atoms with Gasteiger partial charge in [0.15, 0.2) is 5.96 Å². The molecule has 0 saturated heterocycles. The molecule has 3 saturated carbocycles. The summed E-state index contributed by atoms with van der Waals surface area (Å²) in [5.74, 6) is 2.80. The molecule has 0 spiro atoms. The van der Waals surface area contributed by atoms with Gasteiger partial charge in [0.25, 0.3) is 5.91 Å². The lowest BCUT2D eigenvalue weighted by Crippen LogP contribution is -2.51. The smallest absolute Gasteiger partial charge is 0.257 e. The van der Waals surface area contributed by atoms with Crippen molar-refractivity contribution in [1.82, 2.24) is 4.90 Å². The molecular weight excluding hydrogens is 370 g/mol. The van der Waals surface area contributed by atoms with E-state index in [2.05, 4.69) is 6.92 Å². The van der Waals surface area contributed by atoms with E-state index in [-0.39, 0.29) is 11.9 Å². The third-order valence-electron chi connectivity index (χ3n) is 8.97. The summed E-state index contributed by atoms with van der Waals surface area (Å²) in [6.07, 6.45) is 22.7. The Morgan fingerprint density at radius 2 is 1.43 bits per heavy atom. The van der Waals surface area contributed by atoms with Crippen molar-refractivity contribution in [1.29, 1.82) is 0 Å². The van der Waals surface area contributed by atoms with Crippen LogP contribution in [-0.4, -0.2) is 28.3 Å². The molecule has 170 valence electrons. The van der Waals surface area contributed by atoms with Gasteiger partial charge >= 0.3 is 0 Å². The van der Waals surface area contributed by atoms with Crippen LogP contribution < -0.4 is 5.73 Å². The lowest BCUT2D eigenvalue weighted by atomic mass is 9.75. The van der Waals surface area contributed by atoms with Crippen LogP contribution in [0.25, 0.3) is 0 Å². The standard InChI is InChI=1S/C26H45N3O/c1-20(23-15-9-4-10-16-23)29-24(30)26(28-25(29)27,19-22-13-7-3-8-14-22)18-17-21-11-5-2-6-12-21/h20-23H,2-19H2,1H3,(H2,27,28). The highest BCUT2D eigenvalue weighted by atomic mass is 16.2. The van der Waals surface area contributed by atoms with Gasteiger partial charge in [-0.15, -0.1) is 0 Å². The van der Waals surface area contributed by atoms with Gasteiger partial charge in [-0.05, 0) is 56.8 Å². The molecule has 3 aliphatic carbocycles. The lowest BCUT2D eigenvalue weighted by molar-refractivity contribution is -0.134. The van der Waals surface area contributed by atoms with Gasteiger partial charge in [0, 0.05) is 6.04 Å². The van der Waals surface area contributed by atoms with E-state index in [1.807, 2.05) is 4.90 Å². The van der Waals surface area contributed by atoms with E-state index in [4.69, 9.17) is 10.7 Å². The second-order valence-electron chi connectivity index (χ2n) is 11.1. The predicted molar refractivity (Wildman–Crippen MR) is 124 cm³/mol. The van der Waals surface area contributed by atoms with E-state index >= 15 is 0 Å². The Labute approximate surface area is 184 Å². The monoisotopic (exact) mass is 415 g/mol. The molecule has 0 bridgehead atoms. The van der Waals surface area contributed by atoms with Crippen LogP contribution in [0.1, 0.15) is 122 Å². The molecule has 3 fully saturated rings. The maximum atomic E-state index is 14.0. The van der Waals surface area contributed by atoms with Crippen LogP contribution in [0.2, 0.25) is 0 Å². The lowest BCUT2D eigenvalue weighted by Gasteiger charge is -2.37. The van der Waals surface area contributed by atoms with Crippen LogP contribution >= 0.6 is 0 Å². The van der Waals surface area contributed by atoms with Crippen molar-refractivity contribution < 1.29 is 4.79 Å². The second-order valence-corrected chi connectivity index (χ2v) is 11.1. The van der Waals surface area contributed by atoms with Crippen molar-refractivity contribution in [3.8, 4) is 0 Å². The second kappa shape index (κ2) is 10.0. The van der Waals surface area contributed by atoms with Gasteiger partial charge in [-0.3, -0.25) is 9.69 Å².